The van der Waals surface area contributed by atoms with Gasteiger partial charge in [0.15, 0.2) is 0 Å². The number of pyridine rings is 1. The Labute approximate surface area is 115 Å². The second kappa shape index (κ2) is 5.60. The minimum atomic E-state index is 0.580. The lowest BCUT2D eigenvalue weighted by molar-refractivity contribution is 0.456. The third-order valence-corrected chi connectivity index (χ3v) is 4.29. The van der Waals surface area contributed by atoms with Crippen LogP contribution in [-0.4, -0.2) is 11.0 Å². The van der Waals surface area contributed by atoms with Crippen LogP contribution in [0.5, 0.6) is 0 Å². The number of nitrogens with zero attached hydrogens (tertiary/aromatic N) is 1. The molecule has 0 bridgehead atoms. The molecule has 0 spiro atoms. The minimum absolute atomic E-state index is 0.580. The third kappa shape index (κ3) is 2.89. The minimum Gasteiger partial charge on any atom is -0.367 e. The summed E-state index contributed by atoms with van der Waals surface area (Å²) in [6, 6.07) is 13.2. The Morgan fingerprint density at radius 1 is 1.00 bits per heavy atom. The molecule has 0 saturated heterocycles. The fraction of sp³-hybridized carbons (Fsp3) is 0.471. The molecule has 0 amide bonds. The largest absolute Gasteiger partial charge is 0.367 e. The van der Waals surface area contributed by atoms with E-state index in [4.69, 9.17) is 4.98 Å². The van der Waals surface area contributed by atoms with E-state index in [2.05, 4.69) is 42.6 Å². The van der Waals surface area contributed by atoms with Gasteiger partial charge >= 0.3 is 0 Å². The van der Waals surface area contributed by atoms with Gasteiger partial charge in [0.1, 0.15) is 5.82 Å². The van der Waals surface area contributed by atoms with Gasteiger partial charge in [-0.2, -0.15) is 0 Å². The topological polar surface area (TPSA) is 24.9 Å². The van der Waals surface area contributed by atoms with E-state index in [-0.39, 0.29) is 0 Å². The molecular formula is C17H22N2. The van der Waals surface area contributed by atoms with Gasteiger partial charge in [0, 0.05) is 11.4 Å². The number of anilines is 1. The molecule has 2 atom stereocenters. The van der Waals surface area contributed by atoms with Gasteiger partial charge in [0.05, 0.1) is 5.52 Å². The van der Waals surface area contributed by atoms with Crippen molar-refractivity contribution >= 4 is 16.7 Å². The fourth-order valence-corrected chi connectivity index (χ4v) is 3.04. The van der Waals surface area contributed by atoms with Gasteiger partial charge in [-0.25, -0.2) is 4.98 Å². The first-order valence-corrected chi connectivity index (χ1v) is 7.45. The van der Waals surface area contributed by atoms with Gasteiger partial charge in [-0.05, 0) is 37.0 Å². The number of hydrogen-bond donors (Lipinski definition) is 1. The summed E-state index contributed by atoms with van der Waals surface area (Å²) in [5.41, 5.74) is 1.08. The standard InChI is InChI=1S/C17H22N2/c1-13-7-3-2-4-9-15(13)18-17-12-11-14-8-5-6-10-16(14)19-17/h5-6,8,10-13,15H,2-4,7,9H2,1H3,(H,18,19). The molecule has 1 aromatic heterocycles. The molecule has 0 radical (unpaired) electrons. The zero-order valence-electron chi connectivity index (χ0n) is 11.6. The monoisotopic (exact) mass is 254 g/mol. The Morgan fingerprint density at radius 2 is 1.84 bits per heavy atom. The molecule has 1 aliphatic carbocycles. The molecule has 3 rings (SSSR count). The average Bonchev–Trinajstić information content (AvgIpc) is 2.64. The van der Waals surface area contributed by atoms with Crippen molar-refractivity contribution < 1.29 is 0 Å². The van der Waals surface area contributed by atoms with Crippen molar-refractivity contribution in [3.63, 3.8) is 0 Å². The number of para-hydroxylation sites is 1. The number of hydrogen-bond acceptors (Lipinski definition) is 2. The van der Waals surface area contributed by atoms with Gasteiger partial charge in [-0.15, -0.1) is 0 Å². The van der Waals surface area contributed by atoms with Crippen LogP contribution < -0.4 is 5.32 Å². The molecule has 1 N–H and O–H groups in total. The molecule has 0 aliphatic heterocycles. The van der Waals surface area contributed by atoms with Crippen molar-refractivity contribution in [3.8, 4) is 0 Å². The zero-order valence-corrected chi connectivity index (χ0v) is 11.6. The summed E-state index contributed by atoms with van der Waals surface area (Å²) in [5, 5.41) is 4.86. The lowest BCUT2D eigenvalue weighted by atomic mass is 9.97. The number of nitrogens with one attached hydrogen (secondary N) is 1. The van der Waals surface area contributed by atoms with Crippen LogP contribution in [0.2, 0.25) is 0 Å². The van der Waals surface area contributed by atoms with Gasteiger partial charge in [0.2, 0.25) is 0 Å². The van der Waals surface area contributed by atoms with Crippen LogP contribution in [0.1, 0.15) is 39.0 Å². The summed E-state index contributed by atoms with van der Waals surface area (Å²) in [6.45, 7) is 2.37. The smallest absolute Gasteiger partial charge is 0.126 e. The molecule has 19 heavy (non-hydrogen) atoms. The van der Waals surface area contributed by atoms with E-state index in [9.17, 15) is 0 Å². The molecule has 2 unspecified atom stereocenters. The van der Waals surface area contributed by atoms with Crippen molar-refractivity contribution in [2.75, 3.05) is 5.32 Å². The van der Waals surface area contributed by atoms with Gasteiger partial charge < -0.3 is 5.32 Å². The third-order valence-electron chi connectivity index (χ3n) is 4.29. The lowest BCUT2D eigenvalue weighted by Crippen LogP contribution is -2.26. The number of fused-ring (bicyclic) bond motifs is 1. The maximum Gasteiger partial charge on any atom is 0.126 e. The molecule has 1 heterocycles. The summed E-state index contributed by atoms with van der Waals surface area (Å²) < 4.78 is 0. The highest BCUT2D eigenvalue weighted by Gasteiger charge is 2.19. The maximum absolute atomic E-state index is 4.72. The van der Waals surface area contributed by atoms with E-state index in [0.29, 0.717) is 6.04 Å². The number of aromatic nitrogens is 1. The summed E-state index contributed by atoms with van der Waals surface area (Å²) in [7, 11) is 0. The van der Waals surface area contributed by atoms with Crippen LogP contribution in [-0.2, 0) is 0 Å². The van der Waals surface area contributed by atoms with Crippen LogP contribution in [0, 0.1) is 5.92 Å². The van der Waals surface area contributed by atoms with Crippen molar-refractivity contribution in [3.05, 3.63) is 36.4 Å². The first-order chi connectivity index (χ1) is 9.33. The van der Waals surface area contributed by atoms with Crippen molar-refractivity contribution in [1.29, 1.82) is 0 Å². The van der Waals surface area contributed by atoms with Crippen LogP contribution >= 0.6 is 0 Å². The van der Waals surface area contributed by atoms with Crippen LogP contribution in [0.4, 0.5) is 5.82 Å². The molecule has 100 valence electrons. The quantitative estimate of drug-likeness (QED) is 0.791. The number of benzene rings is 1. The highest BCUT2D eigenvalue weighted by molar-refractivity contribution is 5.80. The second-order valence-electron chi connectivity index (χ2n) is 5.76. The van der Waals surface area contributed by atoms with Gasteiger partial charge in [0.25, 0.3) is 0 Å². The molecule has 1 saturated carbocycles. The number of rotatable bonds is 2. The lowest BCUT2D eigenvalue weighted by Gasteiger charge is -2.23. The summed E-state index contributed by atoms with van der Waals surface area (Å²) >= 11 is 0. The Bertz CT molecular complexity index is 550. The van der Waals surface area contributed by atoms with Crippen LogP contribution in [0.3, 0.4) is 0 Å². The summed E-state index contributed by atoms with van der Waals surface area (Å²) in [5.74, 6) is 1.77. The first kappa shape index (κ1) is 12.5. The molecule has 1 aromatic carbocycles. The Balaban J connectivity index is 1.80. The first-order valence-electron chi connectivity index (χ1n) is 7.45. The Kier molecular flexibility index (Phi) is 3.67. The molecule has 2 heteroatoms. The predicted octanol–water partition coefficient (Wildman–Crippen LogP) is 4.62. The predicted molar refractivity (Wildman–Crippen MR) is 81.4 cm³/mol. The molecule has 2 aromatic rings. The van der Waals surface area contributed by atoms with E-state index in [1.54, 1.807) is 0 Å². The zero-order chi connectivity index (χ0) is 13.1. The van der Waals surface area contributed by atoms with Gasteiger partial charge in [-0.1, -0.05) is 44.4 Å². The van der Waals surface area contributed by atoms with E-state index in [1.165, 1.54) is 37.5 Å². The van der Waals surface area contributed by atoms with Crippen LogP contribution in [0.15, 0.2) is 36.4 Å². The van der Waals surface area contributed by atoms with E-state index >= 15 is 0 Å². The molecular weight excluding hydrogens is 232 g/mol. The fourth-order valence-electron chi connectivity index (χ4n) is 3.04. The van der Waals surface area contributed by atoms with E-state index < -0.39 is 0 Å². The normalized spacial score (nSPS) is 24.1. The molecule has 1 fully saturated rings. The Hall–Kier alpha value is -1.57. The average molecular weight is 254 g/mol. The van der Waals surface area contributed by atoms with Crippen molar-refractivity contribution in [1.82, 2.24) is 4.98 Å². The van der Waals surface area contributed by atoms with Gasteiger partial charge in [-0.3, -0.25) is 0 Å². The highest BCUT2D eigenvalue weighted by Crippen LogP contribution is 2.26. The second-order valence-corrected chi connectivity index (χ2v) is 5.76. The Morgan fingerprint density at radius 3 is 2.79 bits per heavy atom. The maximum atomic E-state index is 4.72. The van der Waals surface area contributed by atoms with E-state index in [1.807, 2.05) is 6.07 Å². The molecule has 1 aliphatic rings. The van der Waals surface area contributed by atoms with Crippen LogP contribution in [0.25, 0.3) is 10.9 Å². The summed E-state index contributed by atoms with van der Waals surface area (Å²) in [4.78, 5) is 4.72. The highest BCUT2D eigenvalue weighted by atomic mass is 15.0. The SMILES string of the molecule is CC1CCCCCC1Nc1ccc2ccccc2n1. The molecule has 2 nitrogen and oxygen atoms in total. The van der Waals surface area contributed by atoms with Crippen molar-refractivity contribution in [2.45, 2.75) is 45.1 Å². The summed E-state index contributed by atoms with van der Waals surface area (Å²) in [6.07, 6.45) is 6.72. The van der Waals surface area contributed by atoms with E-state index in [0.717, 1.165) is 17.3 Å². The van der Waals surface area contributed by atoms with Crippen molar-refractivity contribution in [2.24, 2.45) is 5.92 Å².